The Morgan fingerprint density at radius 1 is 1.20 bits per heavy atom. The highest BCUT2D eigenvalue weighted by atomic mass is 19.1. The van der Waals surface area contributed by atoms with Gasteiger partial charge in [-0.2, -0.15) is 0 Å². The summed E-state index contributed by atoms with van der Waals surface area (Å²) in [6.07, 6.45) is 5.31. The Morgan fingerprint density at radius 3 is 2.71 bits per heavy atom. The van der Waals surface area contributed by atoms with Crippen LogP contribution in [0.2, 0.25) is 0 Å². The summed E-state index contributed by atoms with van der Waals surface area (Å²) in [5.74, 6) is -2.11. The number of hydrogen-bond acceptors (Lipinski definition) is 5. The summed E-state index contributed by atoms with van der Waals surface area (Å²) in [4.78, 5) is 25.7. The number of nitrogens with zero attached hydrogens (tertiary/aromatic N) is 2. The predicted octanol–water partition coefficient (Wildman–Crippen LogP) is 4.27. The van der Waals surface area contributed by atoms with Crippen LogP contribution in [0.15, 0.2) is 65.1 Å². The Hall–Kier alpha value is -3.85. The van der Waals surface area contributed by atoms with E-state index in [1.165, 1.54) is 28.9 Å². The van der Waals surface area contributed by atoms with E-state index in [0.29, 0.717) is 34.8 Å². The molecule has 2 aromatic heterocycles. The summed E-state index contributed by atoms with van der Waals surface area (Å²) in [5.41, 5.74) is 1.55. The second kappa shape index (κ2) is 10.2. The maximum Gasteiger partial charge on any atom is 0.250 e. The van der Waals surface area contributed by atoms with E-state index >= 15 is 0 Å². The number of carbonyl (C=O) groups is 1. The Labute approximate surface area is 200 Å². The Bertz CT molecular complexity index is 1400. The van der Waals surface area contributed by atoms with Gasteiger partial charge in [0.15, 0.2) is 17.0 Å². The van der Waals surface area contributed by atoms with E-state index < -0.39 is 17.7 Å². The van der Waals surface area contributed by atoms with Gasteiger partial charge in [0, 0.05) is 49.5 Å². The number of methoxy groups -OCH3 is 1. The first-order valence-electron chi connectivity index (χ1n) is 11.2. The quantitative estimate of drug-likeness (QED) is 0.545. The average Bonchev–Trinajstić information content (AvgIpc) is 2.83. The first-order valence-corrected chi connectivity index (χ1v) is 11.2. The van der Waals surface area contributed by atoms with E-state index in [1.54, 1.807) is 19.3 Å². The highest BCUT2D eigenvalue weighted by Gasteiger charge is 2.30. The van der Waals surface area contributed by atoms with Gasteiger partial charge in [0.2, 0.25) is 5.88 Å². The predicted molar refractivity (Wildman–Crippen MR) is 127 cm³/mol. The highest BCUT2D eigenvalue weighted by molar-refractivity contribution is 6.00. The van der Waals surface area contributed by atoms with Gasteiger partial charge in [-0.15, -0.1) is 5.10 Å². The summed E-state index contributed by atoms with van der Waals surface area (Å²) >= 11 is 0. The normalized spacial score (nSPS) is 17.6. The minimum absolute atomic E-state index is 0.0476. The monoisotopic (exact) mass is 481 g/mol. The number of pyridine rings is 1. The van der Waals surface area contributed by atoms with Crippen LogP contribution in [-0.4, -0.2) is 35.3 Å². The smallest absolute Gasteiger partial charge is 0.250 e. The van der Waals surface area contributed by atoms with Crippen LogP contribution in [-0.2, 0) is 9.53 Å². The molecule has 3 aromatic rings. The number of rotatable bonds is 7. The molecule has 2 atom stereocenters. The van der Waals surface area contributed by atoms with Crippen molar-refractivity contribution in [3.05, 3.63) is 87.7 Å². The topological polar surface area (TPSA) is 81.9 Å². The molecule has 1 aromatic carbocycles. The van der Waals surface area contributed by atoms with Crippen molar-refractivity contribution in [3.63, 3.8) is 0 Å². The fourth-order valence-electron chi connectivity index (χ4n) is 4.08. The van der Waals surface area contributed by atoms with E-state index in [0.717, 1.165) is 12.5 Å². The second-order valence-electron chi connectivity index (χ2n) is 8.23. The molecule has 0 bridgehead atoms. The Morgan fingerprint density at radius 2 is 2.00 bits per heavy atom. The van der Waals surface area contributed by atoms with E-state index in [-0.39, 0.29) is 28.9 Å². The Balaban J connectivity index is 1.77. The average molecular weight is 481 g/mol. The molecule has 1 amide bonds. The number of carbonyl (C=O) groups excluding carboxylic acids is 1. The van der Waals surface area contributed by atoms with Gasteiger partial charge in [0.25, 0.3) is 5.91 Å². The number of fused-ring (bicyclic) bond motifs is 1. The third kappa shape index (κ3) is 5.00. The van der Waals surface area contributed by atoms with Crippen molar-refractivity contribution in [1.29, 1.82) is 0 Å². The van der Waals surface area contributed by atoms with Crippen LogP contribution in [0.3, 0.4) is 0 Å². The summed E-state index contributed by atoms with van der Waals surface area (Å²) in [5, 5.41) is 7.19. The fraction of sp³-hybridized carbons (Fsp3) is 0.269. The van der Waals surface area contributed by atoms with Crippen molar-refractivity contribution >= 4 is 17.0 Å². The molecule has 0 spiro atoms. The van der Waals surface area contributed by atoms with Crippen LogP contribution in [0, 0.1) is 17.6 Å². The molecule has 0 aliphatic heterocycles. The number of hydrogen-bond donors (Lipinski definition) is 1. The zero-order valence-electron chi connectivity index (χ0n) is 19.5. The van der Waals surface area contributed by atoms with Gasteiger partial charge in [0.05, 0.1) is 17.2 Å². The summed E-state index contributed by atoms with van der Waals surface area (Å²) in [6, 6.07) is 7.42. The van der Waals surface area contributed by atoms with Crippen LogP contribution in [0.5, 0.6) is 11.6 Å². The van der Waals surface area contributed by atoms with Gasteiger partial charge >= 0.3 is 0 Å². The van der Waals surface area contributed by atoms with E-state index in [4.69, 9.17) is 9.47 Å². The number of nitrogens with one attached hydrogen (secondary N) is 1. The largest absolute Gasteiger partial charge is 0.434 e. The molecule has 1 aliphatic carbocycles. The molecule has 2 heterocycles. The minimum Gasteiger partial charge on any atom is -0.434 e. The van der Waals surface area contributed by atoms with Gasteiger partial charge in [-0.25, -0.2) is 13.3 Å². The molecule has 35 heavy (non-hydrogen) atoms. The number of halogens is 2. The van der Waals surface area contributed by atoms with Crippen LogP contribution in [0.4, 0.5) is 8.78 Å². The number of ether oxygens (including phenoxy) is 2. The first-order chi connectivity index (χ1) is 16.8. The summed E-state index contributed by atoms with van der Waals surface area (Å²) < 4.78 is 39.8. The molecule has 1 N–H and O–H groups in total. The molecular weight excluding hydrogens is 456 g/mol. The van der Waals surface area contributed by atoms with Gasteiger partial charge in [-0.1, -0.05) is 19.9 Å². The van der Waals surface area contributed by atoms with Crippen molar-refractivity contribution in [2.45, 2.75) is 26.4 Å². The zero-order chi connectivity index (χ0) is 25.1. The Kier molecular flexibility index (Phi) is 7.07. The van der Waals surface area contributed by atoms with Gasteiger partial charge in [0.1, 0.15) is 5.82 Å². The molecule has 0 saturated heterocycles. The molecule has 7 nitrogen and oxygen atoms in total. The second-order valence-corrected chi connectivity index (χ2v) is 8.23. The van der Waals surface area contributed by atoms with E-state index in [1.807, 2.05) is 19.9 Å². The highest BCUT2D eigenvalue weighted by Crippen LogP contribution is 2.33. The minimum atomic E-state index is -0.863. The van der Waals surface area contributed by atoms with Crippen molar-refractivity contribution < 1.29 is 23.0 Å². The van der Waals surface area contributed by atoms with Crippen molar-refractivity contribution in [1.82, 2.24) is 14.9 Å². The number of aromatic nitrogens is 2. The molecule has 2 unspecified atom stereocenters. The lowest BCUT2D eigenvalue weighted by Crippen LogP contribution is -2.31. The fourth-order valence-corrected chi connectivity index (χ4v) is 4.08. The number of amides is 1. The zero-order valence-corrected chi connectivity index (χ0v) is 19.5. The van der Waals surface area contributed by atoms with E-state index in [2.05, 4.69) is 10.4 Å². The lowest BCUT2D eigenvalue weighted by molar-refractivity contribution is -0.117. The molecule has 0 saturated carbocycles. The lowest BCUT2D eigenvalue weighted by Gasteiger charge is -2.28. The van der Waals surface area contributed by atoms with Crippen molar-refractivity contribution in [3.8, 4) is 11.6 Å². The summed E-state index contributed by atoms with van der Waals surface area (Å²) in [7, 11) is 1.55. The SMILES string of the molecule is CCCNC(=O)C1=CC(C)C(OC)C(c2c(=O)ccn3nc(Oc4ccc(F)cc4F)ccc23)=C1. The molecular formula is C26H25F2N3O4. The molecule has 182 valence electrons. The lowest BCUT2D eigenvalue weighted by atomic mass is 9.84. The third-order valence-corrected chi connectivity index (χ3v) is 5.69. The maximum absolute atomic E-state index is 14.0. The molecule has 0 radical (unpaired) electrons. The first kappa shape index (κ1) is 24.3. The maximum atomic E-state index is 14.0. The van der Waals surface area contributed by atoms with E-state index in [9.17, 15) is 18.4 Å². The number of benzene rings is 1. The van der Waals surface area contributed by atoms with Crippen molar-refractivity contribution in [2.24, 2.45) is 5.92 Å². The standard InChI is InChI=1S/C26H25F2N3O4/c1-4-10-29-26(33)16-12-15(2)25(34-3)18(13-16)24-20-6-8-23(30-31(20)11-9-21(24)32)35-22-7-5-17(27)14-19(22)28/h5-9,11-15,25H,4,10H2,1-3H3,(H,29,33). The van der Waals surface area contributed by atoms with Crippen LogP contribution >= 0.6 is 0 Å². The summed E-state index contributed by atoms with van der Waals surface area (Å²) in [6.45, 7) is 4.42. The molecule has 0 fully saturated rings. The van der Waals surface area contributed by atoms with Crippen LogP contribution < -0.4 is 15.5 Å². The van der Waals surface area contributed by atoms with Crippen LogP contribution in [0.1, 0.15) is 25.8 Å². The third-order valence-electron chi connectivity index (χ3n) is 5.69. The van der Waals surface area contributed by atoms with Gasteiger partial charge in [-0.3, -0.25) is 9.59 Å². The molecule has 9 heteroatoms. The molecule has 1 aliphatic rings. The van der Waals surface area contributed by atoms with Gasteiger partial charge < -0.3 is 14.8 Å². The van der Waals surface area contributed by atoms with Crippen LogP contribution in [0.25, 0.3) is 11.1 Å². The van der Waals surface area contributed by atoms with Crippen molar-refractivity contribution in [2.75, 3.05) is 13.7 Å². The van der Waals surface area contributed by atoms with Gasteiger partial charge in [-0.05, 0) is 36.3 Å². The molecule has 4 rings (SSSR count).